The van der Waals surface area contributed by atoms with Crippen LogP contribution in [0, 0.1) is 0 Å². The molecule has 1 aromatic heterocycles. The van der Waals surface area contributed by atoms with Crippen LogP contribution in [0.3, 0.4) is 0 Å². The van der Waals surface area contributed by atoms with Crippen molar-refractivity contribution in [1.29, 1.82) is 0 Å². The lowest BCUT2D eigenvalue weighted by molar-refractivity contribution is -0.184. The van der Waals surface area contributed by atoms with Gasteiger partial charge in [0.05, 0.1) is 10.7 Å². The summed E-state index contributed by atoms with van der Waals surface area (Å²) < 4.78 is 5.79. The number of carbonyl (C=O) groups is 2. The predicted molar refractivity (Wildman–Crippen MR) is 106 cm³/mol. The first-order valence-corrected chi connectivity index (χ1v) is 9.48. The van der Waals surface area contributed by atoms with E-state index in [1.54, 1.807) is 40.0 Å². The van der Waals surface area contributed by atoms with E-state index in [9.17, 15) is 9.59 Å². The van der Waals surface area contributed by atoms with E-state index in [0.29, 0.717) is 11.4 Å². The molecule has 27 heavy (non-hydrogen) atoms. The SMILES string of the molecule is CCc1cc(-c2ccc(Cl)cn2)ccc1C1C(=O)C(C)(C)OC(C)(C)C1=O. The van der Waals surface area contributed by atoms with Crippen LogP contribution in [0.1, 0.15) is 51.7 Å². The Morgan fingerprint density at radius 3 is 2.19 bits per heavy atom. The third kappa shape index (κ3) is 3.56. The number of rotatable bonds is 3. The fourth-order valence-electron chi connectivity index (χ4n) is 3.73. The van der Waals surface area contributed by atoms with Crippen LogP contribution in [-0.2, 0) is 20.7 Å². The van der Waals surface area contributed by atoms with Gasteiger partial charge in [0.2, 0.25) is 0 Å². The normalized spacial score (nSPS) is 19.3. The minimum atomic E-state index is -1.01. The second kappa shape index (κ2) is 6.84. The number of aromatic nitrogens is 1. The molecule has 0 saturated carbocycles. The Morgan fingerprint density at radius 2 is 1.67 bits per heavy atom. The lowest BCUT2D eigenvalue weighted by Crippen LogP contribution is -2.58. The molecule has 1 fully saturated rings. The third-order valence-electron chi connectivity index (χ3n) is 5.08. The van der Waals surface area contributed by atoms with E-state index in [-0.39, 0.29) is 11.6 Å². The Kier molecular flexibility index (Phi) is 5.00. The highest BCUT2D eigenvalue weighted by Gasteiger charge is 2.53. The van der Waals surface area contributed by atoms with E-state index >= 15 is 0 Å². The second-order valence-corrected chi connectivity index (χ2v) is 8.35. The van der Waals surface area contributed by atoms with Gasteiger partial charge in [-0.15, -0.1) is 0 Å². The molecule has 3 rings (SSSR count). The van der Waals surface area contributed by atoms with Crippen molar-refractivity contribution in [2.75, 3.05) is 0 Å². The fraction of sp³-hybridized carbons (Fsp3) is 0.409. The average molecular weight is 386 g/mol. The second-order valence-electron chi connectivity index (χ2n) is 7.91. The van der Waals surface area contributed by atoms with Crippen LogP contribution < -0.4 is 0 Å². The minimum absolute atomic E-state index is 0.195. The molecular formula is C22H24ClNO3. The summed E-state index contributed by atoms with van der Waals surface area (Å²) in [6.45, 7) is 8.94. The lowest BCUT2D eigenvalue weighted by atomic mass is 9.73. The molecule has 2 heterocycles. The van der Waals surface area contributed by atoms with Gasteiger partial charge in [-0.25, -0.2) is 0 Å². The minimum Gasteiger partial charge on any atom is -0.354 e. The first-order valence-electron chi connectivity index (χ1n) is 9.10. The summed E-state index contributed by atoms with van der Waals surface area (Å²) in [6.07, 6.45) is 2.31. The number of pyridine rings is 1. The van der Waals surface area contributed by atoms with Gasteiger partial charge < -0.3 is 4.74 Å². The molecule has 0 bridgehead atoms. The van der Waals surface area contributed by atoms with Gasteiger partial charge in [0.15, 0.2) is 11.6 Å². The Labute approximate surface area is 164 Å². The van der Waals surface area contributed by atoms with Crippen molar-refractivity contribution < 1.29 is 14.3 Å². The monoisotopic (exact) mass is 385 g/mol. The van der Waals surface area contributed by atoms with Crippen molar-refractivity contribution in [3.8, 4) is 11.3 Å². The zero-order valence-corrected chi connectivity index (χ0v) is 17.1. The van der Waals surface area contributed by atoms with Crippen molar-refractivity contribution >= 4 is 23.2 Å². The van der Waals surface area contributed by atoms with E-state index in [1.807, 2.05) is 31.2 Å². The molecule has 1 saturated heterocycles. The van der Waals surface area contributed by atoms with E-state index in [2.05, 4.69) is 4.98 Å². The van der Waals surface area contributed by atoms with Crippen LogP contribution in [0.5, 0.6) is 0 Å². The molecule has 4 nitrogen and oxygen atoms in total. The van der Waals surface area contributed by atoms with Crippen LogP contribution >= 0.6 is 11.6 Å². The molecule has 0 radical (unpaired) electrons. The Balaban J connectivity index is 2.09. The van der Waals surface area contributed by atoms with E-state index in [1.165, 1.54) is 0 Å². The van der Waals surface area contributed by atoms with Crippen LogP contribution in [0.4, 0.5) is 0 Å². The summed E-state index contributed by atoms with van der Waals surface area (Å²) in [4.78, 5) is 30.4. The number of hydrogen-bond donors (Lipinski definition) is 0. The molecule has 1 aliphatic rings. The van der Waals surface area contributed by atoms with Crippen molar-refractivity contribution in [2.24, 2.45) is 0 Å². The summed E-state index contributed by atoms with van der Waals surface area (Å²) in [5, 5.41) is 0.578. The molecule has 5 heteroatoms. The van der Waals surface area contributed by atoms with Crippen molar-refractivity contribution in [3.63, 3.8) is 0 Å². The summed E-state index contributed by atoms with van der Waals surface area (Å²) in [5.74, 6) is -1.20. The third-order valence-corrected chi connectivity index (χ3v) is 5.30. The van der Waals surface area contributed by atoms with E-state index in [4.69, 9.17) is 16.3 Å². The number of Topliss-reactive ketones (excluding diaryl/α,β-unsaturated/α-hetero) is 2. The van der Waals surface area contributed by atoms with Crippen LogP contribution in [0.2, 0.25) is 5.02 Å². The van der Waals surface area contributed by atoms with Crippen molar-refractivity contribution in [2.45, 2.75) is 58.2 Å². The molecule has 142 valence electrons. The van der Waals surface area contributed by atoms with E-state index in [0.717, 1.165) is 22.4 Å². The summed E-state index contributed by atoms with van der Waals surface area (Å²) in [6, 6.07) is 9.43. The largest absolute Gasteiger partial charge is 0.354 e. The van der Waals surface area contributed by atoms with Crippen molar-refractivity contribution in [1.82, 2.24) is 4.98 Å². The summed E-state index contributed by atoms with van der Waals surface area (Å²) in [5.41, 5.74) is 1.43. The van der Waals surface area contributed by atoms with Gasteiger partial charge in [0.1, 0.15) is 17.1 Å². The highest BCUT2D eigenvalue weighted by molar-refractivity contribution is 6.30. The summed E-state index contributed by atoms with van der Waals surface area (Å²) >= 11 is 5.92. The number of hydrogen-bond acceptors (Lipinski definition) is 4. The molecular weight excluding hydrogens is 362 g/mol. The van der Waals surface area contributed by atoms with Crippen LogP contribution in [0.25, 0.3) is 11.3 Å². The number of halogens is 1. The zero-order valence-electron chi connectivity index (χ0n) is 16.3. The predicted octanol–water partition coefficient (Wildman–Crippen LogP) is 4.77. The van der Waals surface area contributed by atoms with Crippen molar-refractivity contribution in [3.05, 3.63) is 52.7 Å². The number of benzene rings is 1. The molecule has 2 aromatic rings. The molecule has 0 amide bonds. The Hall–Kier alpha value is -2.04. The highest BCUT2D eigenvalue weighted by atomic mass is 35.5. The first kappa shape index (κ1) is 19.7. The number of ketones is 2. The zero-order chi connectivity index (χ0) is 20.0. The molecule has 0 aliphatic carbocycles. The fourth-order valence-corrected chi connectivity index (χ4v) is 3.85. The smallest absolute Gasteiger partial charge is 0.179 e. The number of aryl methyl sites for hydroxylation is 1. The molecule has 0 N–H and O–H groups in total. The van der Waals surface area contributed by atoms with Gasteiger partial charge in [-0.3, -0.25) is 14.6 Å². The van der Waals surface area contributed by atoms with Gasteiger partial charge in [-0.05, 0) is 63.4 Å². The maximum Gasteiger partial charge on any atom is 0.179 e. The molecule has 1 aliphatic heterocycles. The molecule has 0 unspecified atom stereocenters. The van der Waals surface area contributed by atoms with Gasteiger partial charge in [0, 0.05) is 11.8 Å². The first-order chi connectivity index (χ1) is 12.6. The molecule has 0 atom stereocenters. The maximum atomic E-state index is 13.0. The molecule has 0 spiro atoms. The van der Waals surface area contributed by atoms with Crippen LogP contribution in [0.15, 0.2) is 36.5 Å². The quantitative estimate of drug-likeness (QED) is 0.714. The Bertz CT molecular complexity index is 874. The number of nitrogens with zero attached hydrogens (tertiary/aromatic N) is 1. The lowest BCUT2D eigenvalue weighted by Gasteiger charge is -2.43. The van der Waals surface area contributed by atoms with Gasteiger partial charge in [0.25, 0.3) is 0 Å². The number of ether oxygens (including phenoxy) is 1. The molecule has 1 aromatic carbocycles. The van der Waals surface area contributed by atoms with Gasteiger partial charge >= 0.3 is 0 Å². The Morgan fingerprint density at radius 1 is 1.04 bits per heavy atom. The van der Waals surface area contributed by atoms with E-state index < -0.39 is 17.1 Å². The van der Waals surface area contributed by atoms with Gasteiger partial charge in [-0.1, -0.05) is 30.7 Å². The topological polar surface area (TPSA) is 56.3 Å². The van der Waals surface area contributed by atoms with Crippen LogP contribution in [-0.4, -0.2) is 27.8 Å². The standard InChI is InChI=1S/C22H24ClNO3/c1-6-13-11-14(17-10-8-15(23)12-24-17)7-9-16(13)18-19(25)21(2,3)27-22(4,5)20(18)26/h7-12,18H,6H2,1-5H3. The summed E-state index contributed by atoms with van der Waals surface area (Å²) in [7, 11) is 0. The number of carbonyl (C=O) groups excluding carboxylic acids is 2. The maximum absolute atomic E-state index is 13.0. The van der Waals surface area contributed by atoms with Gasteiger partial charge in [-0.2, -0.15) is 0 Å². The highest BCUT2D eigenvalue weighted by Crippen LogP contribution is 2.40. The average Bonchev–Trinajstić information content (AvgIpc) is 2.60.